The van der Waals surface area contributed by atoms with E-state index in [1.54, 1.807) is 24.3 Å². The first-order chi connectivity index (χ1) is 7.74. The SMILES string of the molecule is CC(F)(CN)c1ccc(CNS(C)(=O)=O)cc1. The van der Waals surface area contributed by atoms with Crippen LogP contribution in [0.3, 0.4) is 0 Å². The van der Waals surface area contributed by atoms with Crippen LogP contribution < -0.4 is 10.5 Å². The molecule has 0 aliphatic rings. The van der Waals surface area contributed by atoms with Gasteiger partial charge in [0, 0.05) is 13.1 Å². The van der Waals surface area contributed by atoms with Crippen LogP contribution in [0.5, 0.6) is 0 Å². The topological polar surface area (TPSA) is 72.2 Å². The minimum Gasteiger partial charge on any atom is -0.327 e. The molecule has 6 heteroatoms. The van der Waals surface area contributed by atoms with Crippen molar-refractivity contribution >= 4 is 10.0 Å². The van der Waals surface area contributed by atoms with Gasteiger partial charge in [-0.25, -0.2) is 17.5 Å². The van der Waals surface area contributed by atoms with Crippen LogP contribution in [0.4, 0.5) is 4.39 Å². The monoisotopic (exact) mass is 260 g/mol. The van der Waals surface area contributed by atoms with Crippen molar-refractivity contribution in [3.63, 3.8) is 0 Å². The maximum absolute atomic E-state index is 13.8. The molecule has 4 nitrogen and oxygen atoms in total. The summed E-state index contributed by atoms with van der Waals surface area (Å²) in [4.78, 5) is 0. The molecule has 1 rings (SSSR count). The molecule has 0 saturated carbocycles. The number of nitrogens with one attached hydrogen (secondary N) is 1. The first kappa shape index (κ1) is 14.1. The fourth-order valence-electron chi connectivity index (χ4n) is 1.30. The first-order valence-electron chi connectivity index (χ1n) is 5.17. The molecule has 0 aliphatic heterocycles. The zero-order valence-corrected chi connectivity index (χ0v) is 10.7. The molecule has 0 amide bonds. The van der Waals surface area contributed by atoms with Gasteiger partial charge in [-0.15, -0.1) is 0 Å². The average molecular weight is 260 g/mol. The van der Waals surface area contributed by atoms with E-state index in [9.17, 15) is 12.8 Å². The highest BCUT2D eigenvalue weighted by molar-refractivity contribution is 7.88. The van der Waals surface area contributed by atoms with E-state index in [2.05, 4.69) is 4.72 Å². The number of alkyl halides is 1. The second kappa shape index (κ2) is 5.12. The molecule has 17 heavy (non-hydrogen) atoms. The summed E-state index contributed by atoms with van der Waals surface area (Å²) < 4.78 is 38.0. The summed E-state index contributed by atoms with van der Waals surface area (Å²) in [5.74, 6) is 0. The molecule has 0 radical (unpaired) electrons. The van der Waals surface area contributed by atoms with Gasteiger partial charge in [-0.05, 0) is 18.1 Å². The summed E-state index contributed by atoms with van der Waals surface area (Å²) in [6.45, 7) is 1.52. The summed E-state index contributed by atoms with van der Waals surface area (Å²) in [6.07, 6.45) is 1.09. The van der Waals surface area contributed by atoms with Crippen LogP contribution >= 0.6 is 0 Å². The van der Waals surface area contributed by atoms with Crippen LogP contribution in [0.25, 0.3) is 0 Å². The molecule has 0 bridgehead atoms. The molecule has 1 aromatic carbocycles. The van der Waals surface area contributed by atoms with Crippen molar-refractivity contribution in [2.45, 2.75) is 19.1 Å². The highest BCUT2D eigenvalue weighted by atomic mass is 32.2. The van der Waals surface area contributed by atoms with E-state index < -0.39 is 15.7 Å². The highest BCUT2D eigenvalue weighted by Gasteiger charge is 2.23. The minimum absolute atomic E-state index is 0.0893. The van der Waals surface area contributed by atoms with E-state index in [0.29, 0.717) is 5.56 Å². The van der Waals surface area contributed by atoms with Crippen molar-refractivity contribution in [3.8, 4) is 0 Å². The predicted octanol–water partition coefficient (Wildman–Crippen LogP) is 0.879. The number of benzene rings is 1. The average Bonchev–Trinajstić information content (AvgIpc) is 2.26. The summed E-state index contributed by atoms with van der Waals surface area (Å²) >= 11 is 0. The van der Waals surface area contributed by atoms with Crippen molar-refractivity contribution in [1.29, 1.82) is 0 Å². The maximum Gasteiger partial charge on any atom is 0.209 e. The van der Waals surface area contributed by atoms with Gasteiger partial charge in [0.25, 0.3) is 0 Å². The molecule has 1 atom stereocenters. The predicted molar refractivity (Wildman–Crippen MR) is 65.6 cm³/mol. The van der Waals surface area contributed by atoms with E-state index in [1.807, 2.05) is 0 Å². The second-order valence-corrected chi connectivity index (χ2v) is 6.02. The molecule has 0 spiro atoms. The Balaban J connectivity index is 2.75. The summed E-state index contributed by atoms with van der Waals surface area (Å²) in [5.41, 5.74) is 5.03. The quantitative estimate of drug-likeness (QED) is 0.825. The number of nitrogens with two attached hydrogens (primary N) is 1. The van der Waals surface area contributed by atoms with Gasteiger partial charge in [0.1, 0.15) is 5.67 Å². The third-order valence-electron chi connectivity index (χ3n) is 2.48. The van der Waals surface area contributed by atoms with Crippen LogP contribution in [0.1, 0.15) is 18.1 Å². The Morgan fingerprint density at radius 2 is 1.88 bits per heavy atom. The number of halogens is 1. The van der Waals surface area contributed by atoms with Crippen molar-refractivity contribution in [2.75, 3.05) is 12.8 Å². The lowest BCUT2D eigenvalue weighted by Crippen LogP contribution is -2.26. The zero-order valence-electron chi connectivity index (χ0n) is 9.90. The summed E-state index contributed by atoms with van der Waals surface area (Å²) in [6, 6.07) is 6.60. The highest BCUT2D eigenvalue weighted by Crippen LogP contribution is 2.24. The number of sulfonamides is 1. The van der Waals surface area contributed by atoms with Crippen molar-refractivity contribution < 1.29 is 12.8 Å². The van der Waals surface area contributed by atoms with Gasteiger partial charge in [-0.1, -0.05) is 24.3 Å². The van der Waals surface area contributed by atoms with Gasteiger partial charge in [0.2, 0.25) is 10.0 Å². The molecule has 0 aliphatic carbocycles. The van der Waals surface area contributed by atoms with Crippen LogP contribution in [0.15, 0.2) is 24.3 Å². The third kappa shape index (κ3) is 4.41. The maximum atomic E-state index is 13.8. The van der Waals surface area contributed by atoms with Gasteiger partial charge in [-0.2, -0.15) is 0 Å². The standard InChI is InChI=1S/C11H17FN2O2S/c1-11(12,8-13)10-5-3-9(4-6-10)7-14-17(2,15)16/h3-6,14H,7-8,13H2,1-2H3. The fraction of sp³-hybridized carbons (Fsp3) is 0.455. The van der Waals surface area contributed by atoms with Crippen molar-refractivity contribution in [1.82, 2.24) is 4.72 Å². The molecule has 96 valence electrons. The molecule has 3 N–H and O–H groups in total. The first-order valence-corrected chi connectivity index (χ1v) is 7.07. The van der Waals surface area contributed by atoms with E-state index in [0.717, 1.165) is 11.8 Å². The normalized spacial score (nSPS) is 15.5. The Morgan fingerprint density at radius 3 is 2.29 bits per heavy atom. The van der Waals surface area contributed by atoms with E-state index in [-0.39, 0.29) is 13.1 Å². The minimum atomic E-state index is -3.21. The van der Waals surface area contributed by atoms with Crippen LogP contribution in [0.2, 0.25) is 0 Å². The largest absolute Gasteiger partial charge is 0.327 e. The Morgan fingerprint density at radius 1 is 1.35 bits per heavy atom. The molecule has 0 saturated heterocycles. The summed E-state index contributed by atoms with van der Waals surface area (Å²) in [7, 11) is -3.21. The lowest BCUT2D eigenvalue weighted by molar-refractivity contribution is 0.203. The van der Waals surface area contributed by atoms with E-state index in [1.165, 1.54) is 6.92 Å². The summed E-state index contributed by atoms with van der Waals surface area (Å²) in [5, 5.41) is 0. The van der Waals surface area contributed by atoms with Gasteiger partial charge in [0.05, 0.1) is 6.26 Å². The Bertz CT molecular complexity index is 469. The molecule has 0 heterocycles. The Hall–Kier alpha value is -0.980. The second-order valence-electron chi connectivity index (χ2n) is 4.19. The number of hydrogen-bond donors (Lipinski definition) is 2. The number of hydrogen-bond acceptors (Lipinski definition) is 3. The van der Waals surface area contributed by atoms with Crippen molar-refractivity contribution in [2.24, 2.45) is 5.73 Å². The Labute approximate surface area is 101 Å². The molecule has 1 unspecified atom stereocenters. The fourth-order valence-corrected chi connectivity index (χ4v) is 1.73. The smallest absolute Gasteiger partial charge is 0.209 e. The van der Waals surface area contributed by atoms with Gasteiger partial charge >= 0.3 is 0 Å². The lowest BCUT2D eigenvalue weighted by Gasteiger charge is -2.18. The third-order valence-corrected chi connectivity index (χ3v) is 3.15. The molecule has 0 fully saturated rings. The van der Waals surface area contributed by atoms with Gasteiger partial charge in [0.15, 0.2) is 0 Å². The number of rotatable bonds is 5. The van der Waals surface area contributed by atoms with Crippen molar-refractivity contribution in [3.05, 3.63) is 35.4 Å². The Kier molecular flexibility index (Phi) is 4.24. The van der Waals surface area contributed by atoms with Gasteiger partial charge in [-0.3, -0.25) is 0 Å². The van der Waals surface area contributed by atoms with Crippen LogP contribution in [-0.4, -0.2) is 21.2 Å². The molecule has 1 aromatic rings. The molecular formula is C11H17FN2O2S. The molecule has 0 aromatic heterocycles. The van der Waals surface area contributed by atoms with E-state index in [4.69, 9.17) is 5.73 Å². The van der Waals surface area contributed by atoms with Crippen LogP contribution in [-0.2, 0) is 22.2 Å². The molecular weight excluding hydrogens is 243 g/mol. The zero-order chi connectivity index (χ0) is 13.1. The van der Waals surface area contributed by atoms with Gasteiger partial charge < -0.3 is 5.73 Å². The lowest BCUT2D eigenvalue weighted by atomic mass is 9.97. The van der Waals surface area contributed by atoms with Crippen LogP contribution in [0, 0.1) is 0 Å². The van der Waals surface area contributed by atoms with E-state index >= 15 is 0 Å².